The summed E-state index contributed by atoms with van der Waals surface area (Å²) in [5, 5.41) is 0. The lowest BCUT2D eigenvalue weighted by Gasteiger charge is -2.39. The van der Waals surface area contributed by atoms with E-state index in [-0.39, 0.29) is 6.04 Å². The van der Waals surface area contributed by atoms with Crippen LogP contribution in [0.3, 0.4) is 0 Å². The van der Waals surface area contributed by atoms with Crippen LogP contribution in [-0.2, 0) is 0 Å². The molecule has 1 aliphatic rings. The molecule has 20 heavy (non-hydrogen) atoms. The molecule has 0 saturated carbocycles. The molecule has 2 N–H and O–H groups in total. The van der Waals surface area contributed by atoms with Crippen molar-refractivity contribution in [2.24, 2.45) is 5.73 Å². The third-order valence-electron chi connectivity index (χ3n) is 4.10. The second-order valence-electron chi connectivity index (χ2n) is 5.80. The average molecular weight is 277 g/mol. The van der Waals surface area contributed by atoms with Crippen LogP contribution in [0.2, 0.25) is 0 Å². The van der Waals surface area contributed by atoms with Gasteiger partial charge in [0.2, 0.25) is 0 Å². The monoisotopic (exact) mass is 277 g/mol. The van der Waals surface area contributed by atoms with Gasteiger partial charge in [0.25, 0.3) is 0 Å². The van der Waals surface area contributed by atoms with Crippen molar-refractivity contribution in [2.45, 2.75) is 32.9 Å². The Kier molecular flexibility index (Phi) is 4.89. The van der Waals surface area contributed by atoms with Crippen molar-refractivity contribution in [3.63, 3.8) is 0 Å². The first-order valence-electron chi connectivity index (χ1n) is 7.46. The van der Waals surface area contributed by atoms with Crippen molar-refractivity contribution in [1.82, 2.24) is 4.90 Å². The first kappa shape index (κ1) is 15.1. The molecule has 1 fully saturated rings. The van der Waals surface area contributed by atoms with Crippen molar-refractivity contribution >= 4 is 5.69 Å². The standard InChI is InChI=1S/C16H27N3O/c1-12(2)18-8-10-19(11-9-18)14-6-5-7-15(20-4)16(14)13(3)17/h5-7,12-13H,8-11,17H2,1-4H3/t13-/m0/s1. The highest BCUT2D eigenvalue weighted by atomic mass is 16.5. The highest BCUT2D eigenvalue weighted by Gasteiger charge is 2.23. The molecule has 0 spiro atoms. The van der Waals surface area contributed by atoms with E-state index in [1.807, 2.05) is 13.0 Å². The van der Waals surface area contributed by atoms with Gasteiger partial charge in [-0.3, -0.25) is 4.90 Å². The molecule has 0 unspecified atom stereocenters. The van der Waals surface area contributed by atoms with E-state index < -0.39 is 0 Å². The van der Waals surface area contributed by atoms with Gasteiger partial charge in [-0.2, -0.15) is 0 Å². The van der Waals surface area contributed by atoms with Gasteiger partial charge in [-0.15, -0.1) is 0 Å². The van der Waals surface area contributed by atoms with Crippen LogP contribution >= 0.6 is 0 Å². The number of piperazine rings is 1. The fraction of sp³-hybridized carbons (Fsp3) is 0.625. The first-order valence-corrected chi connectivity index (χ1v) is 7.46. The van der Waals surface area contributed by atoms with E-state index in [4.69, 9.17) is 10.5 Å². The summed E-state index contributed by atoms with van der Waals surface area (Å²) in [5.41, 5.74) is 8.50. The Labute approximate surface area is 122 Å². The summed E-state index contributed by atoms with van der Waals surface area (Å²) in [5.74, 6) is 0.892. The van der Waals surface area contributed by atoms with E-state index in [0.29, 0.717) is 6.04 Å². The Morgan fingerprint density at radius 2 is 1.75 bits per heavy atom. The Hall–Kier alpha value is -1.26. The van der Waals surface area contributed by atoms with Crippen molar-refractivity contribution < 1.29 is 4.74 Å². The second kappa shape index (κ2) is 6.46. The van der Waals surface area contributed by atoms with E-state index in [2.05, 4.69) is 35.8 Å². The molecule has 1 aromatic rings. The van der Waals surface area contributed by atoms with Gasteiger partial charge in [-0.25, -0.2) is 0 Å². The van der Waals surface area contributed by atoms with E-state index in [0.717, 1.165) is 37.5 Å². The van der Waals surface area contributed by atoms with Gasteiger partial charge in [0.05, 0.1) is 7.11 Å². The van der Waals surface area contributed by atoms with Crippen LogP contribution in [0.1, 0.15) is 32.4 Å². The zero-order chi connectivity index (χ0) is 14.7. The highest BCUT2D eigenvalue weighted by Crippen LogP contribution is 2.34. The predicted molar refractivity (Wildman–Crippen MR) is 84.5 cm³/mol. The number of anilines is 1. The molecule has 1 aromatic carbocycles. The highest BCUT2D eigenvalue weighted by molar-refractivity contribution is 5.61. The Morgan fingerprint density at radius 3 is 2.25 bits per heavy atom. The number of nitrogens with zero attached hydrogens (tertiary/aromatic N) is 2. The molecular weight excluding hydrogens is 250 g/mol. The smallest absolute Gasteiger partial charge is 0.125 e. The molecule has 1 heterocycles. The minimum Gasteiger partial charge on any atom is -0.496 e. The quantitative estimate of drug-likeness (QED) is 0.916. The lowest BCUT2D eigenvalue weighted by Crippen LogP contribution is -2.49. The maximum Gasteiger partial charge on any atom is 0.125 e. The zero-order valence-corrected chi connectivity index (χ0v) is 13.1. The summed E-state index contributed by atoms with van der Waals surface area (Å²) < 4.78 is 5.48. The number of benzene rings is 1. The normalized spacial score (nSPS) is 18.4. The summed E-state index contributed by atoms with van der Waals surface area (Å²) in [7, 11) is 1.71. The molecule has 4 nitrogen and oxygen atoms in total. The third-order valence-corrected chi connectivity index (χ3v) is 4.10. The van der Waals surface area contributed by atoms with E-state index >= 15 is 0 Å². The lowest BCUT2D eigenvalue weighted by atomic mass is 10.0. The minimum absolute atomic E-state index is 0.0238. The van der Waals surface area contributed by atoms with Crippen LogP contribution in [-0.4, -0.2) is 44.2 Å². The second-order valence-corrected chi connectivity index (χ2v) is 5.80. The molecule has 0 bridgehead atoms. The maximum absolute atomic E-state index is 6.16. The summed E-state index contributed by atoms with van der Waals surface area (Å²) in [6.07, 6.45) is 0. The Morgan fingerprint density at radius 1 is 1.10 bits per heavy atom. The number of hydrogen-bond donors (Lipinski definition) is 1. The molecule has 0 radical (unpaired) electrons. The molecule has 4 heteroatoms. The van der Waals surface area contributed by atoms with Crippen LogP contribution in [0.5, 0.6) is 5.75 Å². The van der Waals surface area contributed by atoms with Gasteiger partial charge in [0, 0.05) is 49.5 Å². The molecule has 112 valence electrons. The number of methoxy groups -OCH3 is 1. The van der Waals surface area contributed by atoms with Gasteiger partial charge in [0.1, 0.15) is 5.75 Å². The number of rotatable bonds is 4. The molecule has 1 aliphatic heterocycles. The molecule has 0 aliphatic carbocycles. The lowest BCUT2D eigenvalue weighted by molar-refractivity contribution is 0.209. The van der Waals surface area contributed by atoms with Crippen LogP contribution in [0.4, 0.5) is 5.69 Å². The summed E-state index contributed by atoms with van der Waals surface area (Å²) in [4.78, 5) is 4.95. The van der Waals surface area contributed by atoms with Gasteiger partial charge in [0.15, 0.2) is 0 Å². The van der Waals surface area contributed by atoms with Crippen molar-refractivity contribution in [2.75, 3.05) is 38.2 Å². The fourth-order valence-corrected chi connectivity index (χ4v) is 2.92. The van der Waals surface area contributed by atoms with E-state index in [1.165, 1.54) is 5.69 Å². The SMILES string of the molecule is COc1cccc(N2CCN(C(C)C)CC2)c1[C@H](C)N. The minimum atomic E-state index is -0.0238. The molecule has 1 saturated heterocycles. The summed E-state index contributed by atoms with van der Waals surface area (Å²) in [6.45, 7) is 10.8. The Bertz CT molecular complexity index is 437. The van der Waals surface area contributed by atoms with Crippen LogP contribution in [0, 0.1) is 0 Å². The maximum atomic E-state index is 6.16. The van der Waals surface area contributed by atoms with Gasteiger partial charge >= 0.3 is 0 Å². The van der Waals surface area contributed by atoms with Crippen molar-refractivity contribution in [3.8, 4) is 5.75 Å². The summed E-state index contributed by atoms with van der Waals surface area (Å²) in [6, 6.07) is 6.80. The zero-order valence-electron chi connectivity index (χ0n) is 13.1. The van der Waals surface area contributed by atoms with Crippen LogP contribution in [0.25, 0.3) is 0 Å². The third kappa shape index (κ3) is 3.07. The Balaban J connectivity index is 2.21. The topological polar surface area (TPSA) is 41.7 Å². The van der Waals surface area contributed by atoms with Gasteiger partial charge in [-0.05, 0) is 32.9 Å². The number of ether oxygens (including phenoxy) is 1. The number of hydrogen-bond acceptors (Lipinski definition) is 4. The van der Waals surface area contributed by atoms with Crippen LogP contribution < -0.4 is 15.4 Å². The van der Waals surface area contributed by atoms with E-state index in [1.54, 1.807) is 7.11 Å². The molecular formula is C16H27N3O. The molecule has 0 aromatic heterocycles. The van der Waals surface area contributed by atoms with Crippen LogP contribution in [0.15, 0.2) is 18.2 Å². The largest absolute Gasteiger partial charge is 0.496 e. The fourth-order valence-electron chi connectivity index (χ4n) is 2.92. The molecule has 2 rings (SSSR count). The van der Waals surface area contributed by atoms with Gasteiger partial charge in [-0.1, -0.05) is 6.07 Å². The average Bonchev–Trinajstić information content (AvgIpc) is 2.46. The van der Waals surface area contributed by atoms with Crippen molar-refractivity contribution in [1.29, 1.82) is 0 Å². The molecule has 1 atom stereocenters. The van der Waals surface area contributed by atoms with Gasteiger partial charge < -0.3 is 15.4 Å². The number of nitrogens with two attached hydrogens (primary N) is 1. The first-order chi connectivity index (χ1) is 9.54. The molecule has 0 amide bonds. The summed E-state index contributed by atoms with van der Waals surface area (Å²) >= 11 is 0. The predicted octanol–water partition coefficient (Wildman–Crippen LogP) is 2.25. The van der Waals surface area contributed by atoms with Crippen molar-refractivity contribution in [3.05, 3.63) is 23.8 Å². The van der Waals surface area contributed by atoms with E-state index in [9.17, 15) is 0 Å².